The lowest BCUT2D eigenvalue weighted by atomic mass is 9.65. The molecule has 3 aliphatic rings. The van der Waals surface area contributed by atoms with Crippen LogP contribution in [0.15, 0.2) is 23.3 Å². The van der Waals surface area contributed by atoms with Gasteiger partial charge in [0, 0.05) is 5.41 Å². The molecule has 0 bridgehead atoms. The summed E-state index contributed by atoms with van der Waals surface area (Å²) in [4.78, 5) is 0. The normalized spacial score (nSPS) is 46.8. The molecule has 0 amide bonds. The lowest BCUT2D eigenvalue weighted by Gasteiger charge is -2.42. The van der Waals surface area contributed by atoms with Crippen molar-refractivity contribution in [3.63, 3.8) is 0 Å². The Balaban J connectivity index is 2.00. The van der Waals surface area contributed by atoms with Crippen LogP contribution in [0.1, 0.15) is 72.6 Å². The maximum Gasteiger partial charge on any atom is 0.0634 e. The summed E-state index contributed by atoms with van der Waals surface area (Å²) in [6, 6.07) is 0. The molecule has 0 aliphatic heterocycles. The van der Waals surface area contributed by atoms with Crippen LogP contribution in [0.2, 0.25) is 0 Å². The van der Waals surface area contributed by atoms with E-state index in [1.165, 1.54) is 31.3 Å². The van der Waals surface area contributed by atoms with Gasteiger partial charge in [-0.1, -0.05) is 37.1 Å². The van der Waals surface area contributed by atoms with E-state index in [1.54, 1.807) is 11.1 Å². The lowest BCUT2D eigenvalue weighted by Crippen LogP contribution is -2.37. The van der Waals surface area contributed by atoms with Crippen molar-refractivity contribution in [2.24, 2.45) is 22.7 Å². The third kappa shape index (κ3) is 2.23. The van der Waals surface area contributed by atoms with Crippen molar-refractivity contribution in [1.82, 2.24) is 0 Å². The van der Waals surface area contributed by atoms with E-state index in [-0.39, 0.29) is 11.5 Å². The number of hydrogen-bond acceptors (Lipinski definition) is 1. The van der Waals surface area contributed by atoms with Crippen molar-refractivity contribution >= 4 is 0 Å². The van der Waals surface area contributed by atoms with Crippen molar-refractivity contribution in [2.45, 2.75) is 78.7 Å². The van der Waals surface area contributed by atoms with E-state index >= 15 is 0 Å². The van der Waals surface area contributed by atoms with Gasteiger partial charge in [0.15, 0.2) is 0 Å². The van der Waals surface area contributed by atoms with E-state index in [1.807, 2.05) is 0 Å². The number of allylic oxidation sites excluding steroid dienone is 2. The molecule has 1 heteroatoms. The van der Waals surface area contributed by atoms with E-state index in [0.717, 1.165) is 25.2 Å². The van der Waals surface area contributed by atoms with Gasteiger partial charge in [0.05, 0.1) is 6.10 Å². The summed E-state index contributed by atoms with van der Waals surface area (Å²) < 4.78 is 0. The number of fused-ring (bicyclic) bond motifs is 2. The van der Waals surface area contributed by atoms with E-state index in [4.69, 9.17) is 0 Å². The van der Waals surface area contributed by atoms with Crippen molar-refractivity contribution in [2.75, 3.05) is 0 Å². The van der Waals surface area contributed by atoms with Crippen molar-refractivity contribution in [3.8, 4) is 0 Å². The second-order valence-electron chi connectivity index (χ2n) is 8.70. The third-order valence-corrected chi connectivity index (χ3v) is 7.33. The molecule has 21 heavy (non-hydrogen) atoms. The molecule has 0 saturated heterocycles. The molecule has 118 valence electrons. The Labute approximate surface area is 130 Å². The first-order chi connectivity index (χ1) is 9.78. The third-order valence-electron chi connectivity index (χ3n) is 7.33. The van der Waals surface area contributed by atoms with Crippen molar-refractivity contribution in [1.29, 1.82) is 0 Å². The number of aliphatic hydroxyl groups excluding tert-OH is 1. The molecular formula is C20H32O. The number of aliphatic hydroxyl groups is 1. The minimum Gasteiger partial charge on any atom is -0.392 e. The molecule has 0 aromatic carbocycles. The molecule has 0 radical (unpaired) electrons. The molecule has 3 rings (SSSR count). The fourth-order valence-corrected chi connectivity index (χ4v) is 5.76. The van der Waals surface area contributed by atoms with Crippen LogP contribution in [0.4, 0.5) is 0 Å². The fourth-order valence-electron chi connectivity index (χ4n) is 5.76. The first-order valence-electron chi connectivity index (χ1n) is 8.80. The summed E-state index contributed by atoms with van der Waals surface area (Å²) in [7, 11) is 0. The van der Waals surface area contributed by atoms with Crippen LogP contribution < -0.4 is 0 Å². The number of hydrogen-bond donors (Lipinski definition) is 1. The maximum absolute atomic E-state index is 10.7. The highest BCUT2D eigenvalue weighted by atomic mass is 16.3. The van der Waals surface area contributed by atoms with Crippen LogP contribution in [-0.4, -0.2) is 11.2 Å². The fraction of sp³-hybridized carbons (Fsp3) is 0.800. The summed E-state index contributed by atoms with van der Waals surface area (Å²) in [5, 5.41) is 10.7. The molecule has 1 N–H and O–H groups in total. The highest BCUT2D eigenvalue weighted by Gasteiger charge is 2.52. The lowest BCUT2D eigenvalue weighted by molar-refractivity contribution is 0.0382. The summed E-state index contributed by atoms with van der Waals surface area (Å²) in [6.45, 7) is 13.6. The van der Waals surface area contributed by atoms with Gasteiger partial charge in [-0.05, 0) is 76.0 Å². The van der Waals surface area contributed by atoms with Gasteiger partial charge in [-0.25, -0.2) is 0 Å². The van der Waals surface area contributed by atoms with E-state index < -0.39 is 0 Å². The quantitative estimate of drug-likeness (QED) is 0.653. The number of rotatable bonds is 1. The van der Waals surface area contributed by atoms with Crippen LogP contribution in [-0.2, 0) is 0 Å². The Hall–Kier alpha value is -0.560. The molecule has 0 heterocycles. The van der Waals surface area contributed by atoms with Crippen LogP contribution >= 0.6 is 0 Å². The van der Waals surface area contributed by atoms with Crippen LogP contribution in [0.25, 0.3) is 0 Å². The smallest absolute Gasteiger partial charge is 0.0634 e. The molecule has 2 fully saturated rings. The Kier molecular flexibility index (Phi) is 3.64. The van der Waals surface area contributed by atoms with Crippen LogP contribution in [0, 0.1) is 22.7 Å². The molecular weight excluding hydrogens is 256 g/mol. The molecule has 3 aliphatic carbocycles. The van der Waals surface area contributed by atoms with Gasteiger partial charge in [0.2, 0.25) is 0 Å². The van der Waals surface area contributed by atoms with Gasteiger partial charge >= 0.3 is 0 Å². The molecule has 2 saturated carbocycles. The predicted octanol–water partition coefficient (Wildman–Crippen LogP) is 5.26. The Morgan fingerprint density at radius 1 is 1.19 bits per heavy atom. The molecule has 0 spiro atoms. The minimum atomic E-state index is -0.137. The van der Waals surface area contributed by atoms with Gasteiger partial charge in [-0.3, -0.25) is 0 Å². The van der Waals surface area contributed by atoms with Gasteiger partial charge in [0.1, 0.15) is 0 Å². The van der Waals surface area contributed by atoms with E-state index in [9.17, 15) is 5.11 Å². The summed E-state index contributed by atoms with van der Waals surface area (Å²) in [5.74, 6) is 1.47. The molecule has 0 aromatic rings. The zero-order valence-electron chi connectivity index (χ0n) is 14.3. The summed E-state index contributed by atoms with van der Waals surface area (Å²) >= 11 is 0. The maximum atomic E-state index is 10.7. The highest BCUT2D eigenvalue weighted by Crippen LogP contribution is 2.61. The first-order valence-corrected chi connectivity index (χ1v) is 8.80. The van der Waals surface area contributed by atoms with E-state index in [2.05, 4.69) is 34.3 Å². The first kappa shape index (κ1) is 15.3. The Morgan fingerprint density at radius 2 is 1.90 bits per heavy atom. The monoisotopic (exact) mass is 288 g/mol. The Morgan fingerprint density at radius 3 is 2.57 bits per heavy atom. The van der Waals surface area contributed by atoms with Crippen LogP contribution in [0.5, 0.6) is 0 Å². The minimum absolute atomic E-state index is 0.0370. The standard InChI is InChI=1S/C20H32O/c1-13(2)15-8-10-19(4)12-17-14(3)6-7-18(21)20(17,5)11-9-16(15)19/h15-16,18,21H,1,6-12H2,2-5H3. The predicted molar refractivity (Wildman–Crippen MR) is 89.0 cm³/mol. The van der Waals surface area contributed by atoms with Gasteiger partial charge < -0.3 is 5.11 Å². The van der Waals surface area contributed by atoms with Gasteiger partial charge in [0.25, 0.3) is 0 Å². The van der Waals surface area contributed by atoms with Crippen molar-refractivity contribution < 1.29 is 5.11 Å². The van der Waals surface area contributed by atoms with Crippen molar-refractivity contribution in [3.05, 3.63) is 23.3 Å². The van der Waals surface area contributed by atoms with E-state index in [0.29, 0.717) is 11.3 Å². The largest absolute Gasteiger partial charge is 0.392 e. The topological polar surface area (TPSA) is 20.2 Å². The Bertz CT molecular complexity index is 488. The SMILES string of the molecule is C=C(C)C1CCC2(C)CC3=C(C)CCC(O)C3(C)CCC12. The molecule has 0 aromatic heterocycles. The van der Waals surface area contributed by atoms with Gasteiger partial charge in [-0.2, -0.15) is 0 Å². The molecule has 5 unspecified atom stereocenters. The second kappa shape index (κ2) is 4.98. The summed E-state index contributed by atoms with van der Waals surface area (Å²) in [5.41, 5.74) is 5.02. The van der Waals surface area contributed by atoms with Gasteiger partial charge in [-0.15, -0.1) is 0 Å². The molecule has 1 nitrogen and oxygen atoms in total. The second-order valence-corrected chi connectivity index (χ2v) is 8.70. The average Bonchev–Trinajstić information content (AvgIpc) is 2.69. The highest BCUT2D eigenvalue weighted by molar-refractivity contribution is 5.29. The zero-order chi connectivity index (χ0) is 15.4. The average molecular weight is 288 g/mol. The molecule has 5 atom stereocenters. The van der Waals surface area contributed by atoms with Crippen LogP contribution in [0.3, 0.4) is 0 Å². The summed E-state index contributed by atoms with van der Waals surface area (Å²) in [6.07, 6.45) is 8.19. The zero-order valence-corrected chi connectivity index (χ0v) is 14.3.